The van der Waals surface area contributed by atoms with Crippen LogP contribution in [0.4, 0.5) is 0 Å². The van der Waals surface area contributed by atoms with Crippen molar-refractivity contribution in [1.29, 1.82) is 0 Å². The molecule has 2 nitrogen and oxygen atoms in total. The molecular formula is C25H16O2. The van der Waals surface area contributed by atoms with Crippen LogP contribution in [-0.4, -0.2) is 0 Å². The van der Waals surface area contributed by atoms with Crippen LogP contribution in [0.25, 0.3) is 21.7 Å². The van der Waals surface area contributed by atoms with Gasteiger partial charge in [-0.25, -0.2) is 0 Å². The molecule has 0 unspecified atom stereocenters. The monoisotopic (exact) mass is 348 g/mol. The molecule has 0 N–H and O–H groups in total. The van der Waals surface area contributed by atoms with E-state index in [1.807, 2.05) is 24.3 Å². The molecule has 1 aromatic heterocycles. The maximum Gasteiger partial charge on any atom is 0.134 e. The molecule has 0 spiro atoms. The van der Waals surface area contributed by atoms with Gasteiger partial charge in [-0.3, -0.25) is 0 Å². The molecule has 1 aliphatic rings. The van der Waals surface area contributed by atoms with E-state index in [4.69, 9.17) is 9.15 Å². The van der Waals surface area contributed by atoms with E-state index in [1.54, 1.807) is 0 Å². The number of hydrogen-bond donors (Lipinski definition) is 0. The first-order chi connectivity index (χ1) is 13.4. The summed E-state index contributed by atoms with van der Waals surface area (Å²) >= 11 is 0. The Balaban J connectivity index is 1.64. The van der Waals surface area contributed by atoms with Crippen LogP contribution in [0, 0.1) is 0 Å². The zero-order valence-electron chi connectivity index (χ0n) is 14.6. The van der Waals surface area contributed by atoms with E-state index in [1.165, 1.54) is 10.8 Å². The van der Waals surface area contributed by atoms with Gasteiger partial charge in [0.05, 0.1) is 5.92 Å². The van der Waals surface area contributed by atoms with E-state index < -0.39 is 0 Å². The summed E-state index contributed by atoms with van der Waals surface area (Å²) in [6, 6.07) is 31.3. The minimum absolute atomic E-state index is 0.0253. The first-order valence-corrected chi connectivity index (χ1v) is 9.15. The second-order valence-electron chi connectivity index (χ2n) is 6.96. The molecule has 1 aliphatic heterocycles. The minimum Gasteiger partial charge on any atom is -0.460 e. The van der Waals surface area contributed by atoms with E-state index in [2.05, 4.69) is 66.7 Å². The summed E-state index contributed by atoms with van der Waals surface area (Å²) in [5.74, 6) is 2.76. The fourth-order valence-electron chi connectivity index (χ4n) is 4.17. The molecule has 0 atom stereocenters. The van der Waals surface area contributed by atoms with E-state index >= 15 is 0 Å². The van der Waals surface area contributed by atoms with Crippen LogP contribution in [0.2, 0.25) is 0 Å². The summed E-state index contributed by atoms with van der Waals surface area (Å²) in [6.45, 7) is 0. The van der Waals surface area contributed by atoms with Crippen molar-refractivity contribution in [3.8, 4) is 11.5 Å². The van der Waals surface area contributed by atoms with Gasteiger partial charge in [0.1, 0.15) is 22.8 Å². The van der Waals surface area contributed by atoms with Gasteiger partial charge in [-0.15, -0.1) is 0 Å². The highest BCUT2D eigenvalue weighted by Gasteiger charge is 2.30. The molecule has 128 valence electrons. The molecule has 27 heavy (non-hydrogen) atoms. The van der Waals surface area contributed by atoms with Crippen molar-refractivity contribution in [2.75, 3.05) is 0 Å². The Morgan fingerprint density at radius 3 is 2.04 bits per heavy atom. The van der Waals surface area contributed by atoms with Gasteiger partial charge >= 0.3 is 0 Å². The Hall–Kier alpha value is -3.52. The Morgan fingerprint density at radius 1 is 0.593 bits per heavy atom. The van der Waals surface area contributed by atoms with E-state index in [0.717, 1.165) is 39.4 Å². The van der Waals surface area contributed by atoms with E-state index in [-0.39, 0.29) is 5.92 Å². The Bertz CT molecular complexity index is 1270. The third-order valence-electron chi connectivity index (χ3n) is 5.41. The zero-order chi connectivity index (χ0) is 17.8. The molecular weight excluding hydrogens is 332 g/mol. The standard InChI is InChI=1S/C25H16O2/c1-2-8-17-16(7-1)13-14-23-20(17)15-24(27-23)25-18-9-3-5-11-21(18)26-22-12-6-4-10-19(22)25/h1-15,25H. The fraction of sp³-hybridized carbons (Fsp3) is 0.0400. The van der Waals surface area contributed by atoms with Gasteiger partial charge in [0, 0.05) is 16.5 Å². The highest BCUT2D eigenvalue weighted by molar-refractivity contribution is 6.06. The topological polar surface area (TPSA) is 22.4 Å². The molecule has 6 rings (SSSR count). The minimum atomic E-state index is 0.0253. The molecule has 0 saturated heterocycles. The zero-order valence-corrected chi connectivity index (χ0v) is 14.6. The van der Waals surface area contributed by atoms with Crippen LogP contribution in [0.3, 0.4) is 0 Å². The van der Waals surface area contributed by atoms with Crippen LogP contribution >= 0.6 is 0 Å². The van der Waals surface area contributed by atoms with Gasteiger partial charge in [0.25, 0.3) is 0 Å². The lowest BCUT2D eigenvalue weighted by Gasteiger charge is -2.26. The Labute approximate surface area is 156 Å². The molecule has 2 heteroatoms. The molecule has 4 aromatic carbocycles. The van der Waals surface area contributed by atoms with Crippen LogP contribution in [-0.2, 0) is 0 Å². The SMILES string of the molecule is c1ccc2c(c1)Oc1ccccc1C2c1cc2c(ccc3ccccc32)o1. The molecule has 0 aliphatic carbocycles. The smallest absolute Gasteiger partial charge is 0.134 e. The molecule has 0 radical (unpaired) electrons. The number of ether oxygens (including phenoxy) is 1. The van der Waals surface area contributed by atoms with Gasteiger partial charge in [0.15, 0.2) is 0 Å². The second kappa shape index (κ2) is 5.49. The molecule has 0 bridgehead atoms. The maximum atomic E-state index is 6.37. The number of rotatable bonds is 1. The van der Waals surface area contributed by atoms with Crippen molar-refractivity contribution in [1.82, 2.24) is 0 Å². The average molecular weight is 348 g/mol. The summed E-state index contributed by atoms with van der Waals surface area (Å²) in [4.78, 5) is 0. The second-order valence-corrected chi connectivity index (χ2v) is 6.96. The lowest BCUT2D eigenvalue weighted by atomic mass is 9.86. The number of benzene rings is 4. The lowest BCUT2D eigenvalue weighted by molar-refractivity contribution is 0.438. The number of hydrogen-bond acceptors (Lipinski definition) is 2. The molecule has 2 heterocycles. The summed E-state index contributed by atoms with van der Waals surface area (Å²) in [7, 11) is 0. The molecule has 0 saturated carbocycles. The van der Waals surface area contributed by atoms with Crippen molar-refractivity contribution < 1.29 is 9.15 Å². The fourth-order valence-corrected chi connectivity index (χ4v) is 4.17. The summed E-state index contributed by atoms with van der Waals surface area (Å²) in [5.41, 5.74) is 3.20. The maximum absolute atomic E-state index is 6.37. The van der Waals surface area contributed by atoms with Crippen LogP contribution in [0.15, 0.2) is 95.4 Å². The van der Waals surface area contributed by atoms with Crippen LogP contribution < -0.4 is 4.74 Å². The summed E-state index contributed by atoms with van der Waals surface area (Å²) in [6.07, 6.45) is 0. The van der Waals surface area contributed by atoms with Crippen LogP contribution in [0.5, 0.6) is 11.5 Å². The first-order valence-electron chi connectivity index (χ1n) is 9.15. The third kappa shape index (κ3) is 2.13. The van der Waals surface area contributed by atoms with Crippen molar-refractivity contribution in [3.05, 3.63) is 108 Å². The van der Waals surface area contributed by atoms with Crippen molar-refractivity contribution in [2.45, 2.75) is 5.92 Å². The average Bonchev–Trinajstić information content (AvgIpc) is 3.16. The van der Waals surface area contributed by atoms with Crippen molar-refractivity contribution in [2.24, 2.45) is 0 Å². The Kier molecular flexibility index (Phi) is 2.97. The normalized spacial score (nSPS) is 13.3. The van der Waals surface area contributed by atoms with Gasteiger partial charge in [-0.1, -0.05) is 66.7 Å². The first kappa shape index (κ1) is 14.6. The molecule has 0 fully saturated rings. The van der Waals surface area contributed by atoms with Crippen molar-refractivity contribution >= 4 is 21.7 Å². The van der Waals surface area contributed by atoms with E-state index in [0.29, 0.717) is 0 Å². The predicted octanol–water partition coefficient (Wildman–Crippen LogP) is 6.87. The lowest BCUT2D eigenvalue weighted by Crippen LogP contribution is -2.10. The van der Waals surface area contributed by atoms with Gasteiger partial charge in [-0.2, -0.15) is 0 Å². The van der Waals surface area contributed by atoms with Gasteiger partial charge in [-0.05, 0) is 35.0 Å². The Morgan fingerprint density at radius 2 is 1.26 bits per heavy atom. The third-order valence-corrected chi connectivity index (χ3v) is 5.41. The van der Waals surface area contributed by atoms with Gasteiger partial charge < -0.3 is 9.15 Å². The largest absolute Gasteiger partial charge is 0.460 e. The predicted molar refractivity (Wildman–Crippen MR) is 108 cm³/mol. The van der Waals surface area contributed by atoms with Crippen LogP contribution in [0.1, 0.15) is 22.8 Å². The number of para-hydroxylation sites is 2. The van der Waals surface area contributed by atoms with E-state index in [9.17, 15) is 0 Å². The summed E-state index contributed by atoms with van der Waals surface area (Å²) < 4.78 is 12.5. The van der Waals surface area contributed by atoms with Crippen molar-refractivity contribution in [3.63, 3.8) is 0 Å². The van der Waals surface area contributed by atoms with Gasteiger partial charge in [0.2, 0.25) is 0 Å². The quantitative estimate of drug-likeness (QED) is 0.323. The highest BCUT2D eigenvalue weighted by atomic mass is 16.5. The summed E-state index contributed by atoms with van der Waals surface area (Å²) in [5, 5.41) is 3.60. The molecule has 0 amide bonds. The number of furan rings is 1. The number of fused-ring (bicyclic) bond motifs is 5. The highest BCUT2D eigenvalue weighted by Crippen LogP contribution is 2.48. The molecule has 5 aromatic rings.